The first-order valence-electron chi connectivity index (χ1n) is 15.7. The Balaban J connectivity index is 1.46. The Bertz CT molecular complexity index is 1340. The molecule has 3 saturated carbocycles. The van der Waals surface area contributed by atoms with Crippen molar-refractivity contribution in [1.82, 2.24) is 13.9 Å². The van der Waals surface area contributed by atoms with E-state index in [1.165, 1.54) is 36.7 Å². The summed E-state index contributed by atoms with van der Waals surface area (Å²) in [4.78, 5) is 40.2. The van der Waals surface area contributed by atoms with Gasteiger partial charge in [0.2, 0.25) is 0 Å². The molecule has 0 aromatic carbocycles. The van der Waals surface area contributed by atoms with Crippen LogP contribution in [-0.2, 0) is 27.7 Å². The van der Waals surface area contributed by atoms with E-state index in [2.05, 4.69) is 62.7 Å². The molecule has 8 heteroatoms. The number of hydrogen-bond donors (Lipinski definition) is 0. The minimum atomic E-state index is -0.678. The number of carbonyl (C=O) groups is 1. The molecule has 0 radical (unpaired) electrons. The predicted molar refractivity (Wildman–Crippen MR) is 160 cm³/mol. The zero-order valence-electron chi connectivity index (χ0n) is 25.2. The number of carbonyl (C=O) groups excluding carboxylic acids is 1. The van der Waals surface area contributed by atoms with Gasteiger partial charge in [0.25, 0.3) is 0 Å². The van der Waals surface area contributed by atoms with Crippen molar-refractivity contribution in [1.29, 1.82) is 0 Å². The Morgan fingerprint density at radius 2 is 1.73 bits per heavy atom. The number of nitrogens with zero attached hydrogens (tertiary/aromatic N) is 3. The molecule has 2 spiro atoms. The summed E-state index contributed by atoms with van der Waals surface area (Å²) in [6.07, 6.45) is 14.9. The number of alkyl halides is 1. The highest BCUT2D eigenvalue weighted by molar-refractivity contribution is 9.09. The number of rotatable bonds is 7. The van der Waals surface area contributed by atoms with Crippen LogP contribution in [-0.4, -0.2) is 31.3 Å². The largest absolute Gasteiger partial charge is 0.462 e. The average Bonchev–Trinajstić information content (AvgIpc) is 3.39. The Morgan fingerprint density at radius 1 is 1.00 bits per heavy atom. The molecule has 7 nitrogen and oxygen atoms in total. The van der Waals surface area contributed by atoms with Crippen LogP contribution in [0, 0.1) is 40.4 Å². The summed E-state index contributed by atoms with van der Waals surface area (Å²) in [7, 11) is 1.63. The molecule has 0 amide bonds. The van der Waals surface area contributed by atoms with Gasteiger partial charge in [0.1, 0.15) is 11.4 Å². The van der Waals surface area contributed by atoms with Gasteiger partial charge in [0, 0.05) is 18.9 Å². The van der Waals surface area contributed by atoms with Gasteiger partial charge in [-0.1, -0.05) is 82.0 Å². The Kier molecular flexibility index (Phi) is 6.76. The highest BCUT2D eigenvalue weighted by Crippen LogP contribution is 2.74. The number of ether oxygens (including phenoxy) is 1. The van der Waals surface area contributed by atoms with Crippen LogP contribution in [0.1, 0.15) is 98.8 Å². The molecule has 3 unspecified atom stereocenters. The fourth-order valence-electron chi connectivity index (χ4n) is 11.0. The molecule has 7 rings (SSSR count). The molecule has 2 bridgehead atoms. The molecule has 4 aliphatic carbocycles. The van der Waals surface area contributed by atoms with Crippen molar-refractivity contribution in [3.8, 4) is 0 Å². The average molecular weight is 619 g/mol. The van der Waals surface area contributed by atoms with E-state index in [9.17, 15) is 14.4 Å². The van der Waals surface area contributed by atoms with Crippen LogP contribution < -0.4 is 11.4 Å². The van der Waals surface area contributed by atoms with Gasteiger partial charge < -0.3 is 4.74 Å². The second-order valence-corrected chi connectivity index (χ2v) is 15.5. The van der Waals surface area contributed by atoms with Crippen molar-refractivity contribution in [2.24, 2.45) is 47.5 Å². The van der Waals surface area contributed by atoms with E-state index in [0.29, 0.717) is 24.2 Å². The zero-order valence-corrected chi connectivity index (χ0v) is 26.8. The van der Waals surface area contributed by atoms with Gasteiger partial charge in [0.05, 0.1) is 11.1 Å². The van der Waals surface area contributed by atoms with Crippen LogP contribution in [0.5, 0.6) is 0 Å². The van der Waals surface area contributed by atoms with Gasteiger partial charge in [-0.3, -0.25) is 4.79 Å². The maximum atomic E-state index is 14.0. The quantitative estimate of drug-likeness (QED) is 0.223. The first kappa shape index (κ1) is 28.5. The number of hydrogen-bond acceptors (Lipinski definition) is 4. The number of aromatic nitrogens is 3. The molecule has 3 fully saturated rings. The van der Waals surface area contributed by atoms with Gasteiger partial charge in [-0.05, 0) is 73.5 Å². The molecule has 1 aromatic rings. The zero-order chi connectivity index (χ0) is 28.8. The van der Waals surface area contributed by atoms with Crippen LogP contribution in [0.15, 0.2) is 21.7 Å². The maximum absolute atomic E-state index is 14.0. The van der Waals surface area contributed by atoms with E-state index < -0.39 is 11.1 Å². The van der Waals surface area contributed by atoms with E-state index in [0.717, 1.165) is 31.6 Å². The van der Waals surface area contributed by atoms with Gasteiger partial charge in [-0.25, -0.2) is 23.5 Å². The second-order valence-electron chi connectivity index (χ2n) is 14.9. The summed E-state index contributed by atoms with van der Waals surface area (Å²) >= 11 is 3.23. The van der Waals surface area contributed by atoms with Crippen LogP contribution in [0.25, 0.3) is 0 Å². The lowest BCUT2D eigenvalue weighted by molar-refractivity contribution is -0.204. The van der Waals surface area contributed by atoms with Crippen molar-refractivity contribution >= 4 is 21.9 Å². The third kappa shape index (κ3) is 3.49. The van der Waals surface area contributed by atoms with Crippen molar-refractivity contribution in [3.05, 3.63) is 33.1 Å². The molecular formula is C32H48BrN3O4. The second kappa shape index (κ2) is 9.47. The van der Waals surface area contributed by atoms with E-state index >= 15 is 0 Å². The summed E-state index contributed by atoms with van der Waals surface area (Å²) in [5.74, 6) is 2.34. The van der Waals surface area contributed by atoms with E-state index in [1.54, 1.807) is 7.05 Å². The molecule has 222 valence electrons. The van der Waals surface area contributed by atoms with E-state index in [1.807, 2.05) is 9.36 Å². The Hall–Kier alpha value is -1.57. The Labute approximate surface area is 246 Å². The third-order valence-corrected chi connectivity index (χ3v) is 13.3. The van der Waals surface area contributed by atoms with Crippen molar-refractivity contribution < 1.29 is 9.53 Å². The SMILES string of the molecule is CC(C)CCC[C@@H](C)C1CC[C@H]2C34C=CC5(C[C@@H](OC(=O)CBr)CC[C@]5(C)[C@H]3CC[C@]12C)n1c(=O)n(C)c(=O)n14. The molecule has 2 aliphatic heterocycles. The summed E-state index contributed by atoms with van der Waals surface area (Å²) in [6, 6.07) is 0. The smallest absolute Gasteiger partial charge is 0.347 e. The molecule has 0 N–H and O–H groups in total. The summed E-state index contributed by atoms with van der Waals surface area (Å²) in [5.41, 5.74) is -1.67. The van der Waals surface area contributed by atoms with Crippen molar-refractivity contribution in [2.45, 2.75) is 116 Å². The molecule has 3 heterocycles. The fourth-order valence-corrected chi connectivity index (χ4v) is 11.2. The van der Waals surface area contributed by atoms with Gasteiger partial charge >= 0.3 is 17.3 Å². The van der Waals surface area contributed by atoms with Crippen LogP contribution in [0.3, 0.4) is 0 Å². The van der Waals surface area contributed by atoms with Crippen molar-refractivity contribution in [2.75, 3.05) is 5.33 Å². The molecule has 9 atom stereocenters. The standard InChI is InChI=1S/C32H48BrN3O4/c1-20(2)8-7-9-21(3)23-10-11-24-29(23,4)14-13-25-30(5)15-12-22(40-26(37)19-33)18-31(30)16-17-32(24,25)36-28(39)34(6)27(38)35(31)36/h16-17,20-25H,7-15,18-19H2,1-6H3/t21-,22+,23?,24-,25-,29-,30-,31?,32?/m1/s1. The maximum Gasteiger partial charge on any atom is 0.347 e. The molecule has 0 saturated heterocycles. The van der Waals surface area contributed by atoms with E-state index in [4.69, 9.17) is 4.74 Å². The van der Waals surface area contributed by atoms with Gasteiger partial charge in [-0.15, -0.1) is 0 Å². The highest BCUT2D eigenvalue weighted by Gasteiger charge is 2.75. The number of fused-ring (bicyclic) bond motifs is 1. The number of esters is 1. The normalized spacial score (nSPS) is 41.8. The summed E-state index contributed by atoms with van der Waals surface area (Å²) < 4.78 is 10.9. The summed E-state index contributed by atoms with van der Waals surface area (Å²) in [5, 5.41) is 0.155. The van der Waals surface area contributed by atoms with Crippen LogP contribution >= 0.6 is 15.9 Å². The molecule has 40 heavy (non-hydrogen) atoms. The minimum Gasteiger partial charge on any atom is -0.462 e. The minimum absolute atomic E-state index is 0.130. The number of allylic oxidation sites excluding steroid dienone is 2. The molecular weight excluding hydrogens is 570 g/mol. The lowest BCUT2D eigenvalue weighted by Crippen LogP contribution is -2.76. The predicted octanol–water partition coefficient (Wildman–Crippen LogP) is 5.72. The highest BCUT2D eigenvalue weighted by atomic mass is 79.9. The Morgan fingerprint density at radius 3 is 2.42 bits per heavy atom. The molecule has 6 aliphatic rings. The lowest BCUT2D eigenvalue weighted by Gasteiger charge is -2.71. The number of halogens is 1. The topological polar surface area (TPSA) is 75.2 Å². The fraction of sp³-hybridized carbons (Fsp3) is 0.844. The van der Waals surface area contributed by atoms with Gasteiger partial charge in [0.15, 0.2) is 0 Å². The monoisotopic (exact) mass is 617 g/mol. The van der Waals surface area contributed by atoms with E-state index in [-0.39, 0.29) is 45.5 Å². The lowest BCUT2D eigenvalue weighted by atomic mass is 9.40. The van der Waals surface area contributed by atoms with Gasteiger partial charge in [-0.2, -0.15) is 0 Å². The third-order valence-electron chi connectivity index (χ3n) is 12.8. The van der Waals surface area contributed by atoms with Crippen LogP contribution in [0.4, 0.5) is 0 Å². The molecule has 1 aromatic heterocycles. The van der Waals surface area contributed by atoms with Crippen LogP contribution in [0.2, 0.25) is 0 Å². The first-order chi connectivity index (χ1) is 18.9. The summed E-state index contributed by atoms with van der Waals surface area (Å²) in [6.45, 7) is 12.0. The van der Waals surface area contributed by atoms with Crippen molar-refractivity contribution in [3.63, 3.8) is 0 Å². The first-order valence-corrected chi connectivity index (χ1v) is 16.9.